The van der Waals surface area contributed by atoms with Gasteiger partial charge in [-0.05, 0) is 37.7 Å². The summed E-state index contributed by atoms with van der Waals surface area (Å²) in [6, 6.07) is 10.4. The predicted octanol–water partition coefficient (Wildman–Crippen LogP) is 2.86. The molecule has 0 aliphatic rings. The Labute approximate surface area is 96.0 Å². The van der Waals surface area contributed by atoms with Crippen LogP contribution in [-0.2, 0) is 0 Å². The highest BCUT2D eigenvalue weighted by molar-refractivity contribution is 5.80. The van der Waals surface area contributed by atoms with Gasteiger partial charge in [0.1, 0.15) is 0 Å². The summed E-state index contributed by atoms with van der Waals surface area (Å²) in [4.78, 5) is 4.34. The molecule has 2 aromatic rings. The van der Waals surface area contributed by atoms with E-state index in [0.717, 1.165) is 18.5 Å². The van der Waals surface area contributed by atoms with E-state index >= 15 is 0 Å². The van der Waals surface area contributed by atoms with Crippen molar-refractivity contribution in [3.63, 3.8) is 0 Å². The largest absolute Gasteiger partial charge is 0.319 e. The van der Waals surface area contributed by atoms with Crippen molar-refractivity contribution in [3.05, 3.63) is 48.2 Å². The summed E-state index contributed by atoms with van der Waals surface area (Å²) in [5, 5.41) is 4.31. The Morgan fingerprint density at radius 2 is 2.25 bits per heavy atom. The van der Waals surface area contributed by atoms with Crippen LogP contribution < -0.4 is 5.32 Å². The van der Waals surface area contributed by atoms with Gasteiger partial charge in [-0.3, -0.25) is 4.98 Å². The van der Waals surface area contributed by atoms with Gasteiger partial charge < -0.3 is 5.32 Å². The van der Waals surface area contributed by atoms with Crippen molar-refractivity contribution in [2.24, 2.45) is 0 Å². The average Bonchev–Trinajstić information content (AvgIpc) is 2.34. The van der Waals surface area contributed by atoms with Crippen LogP contribution in [0.1, 0.15) is 12.0 Å². The molecule has 1 N–H and O–H groups in total. The van der Waals surface area contributed by atoms with Crippen LogP contribution in [0.25, 0.3) is 17.0 Å². The zero-order chi connectivity index (χ0) is 11.2. The minimum atomic E-state index is 1.02. The number of hydrogen-bond donors (Lipinski definition) is 1. The normalized spacial score (nSPS) is 11.3. The summed E-state index contributed by atoms with van der Waals surface area (Å²) in [7, 11) is 1.97. The molecule has 16 heavy (non-hydrogen) atoms. The summed E-state index contributed by atoms with van der Waals surface area (Å²) in [6.07, 6.45) is 7.21. The molecular formula is C14H16N2. The molecule has 1 aromatic carbocycles. The van der Waals surface area contributed by atoms with E-state index in [9.17, 15) is 0 Å². The van der Waals surface area contributed by atoms with E-state index in [-0.39, 0.29) is 0 Å². The van der Waals surface area contributed by atoms with Gasteiger partial charge in [0.15, 0.2) is 0 Å². The molecule has 0 fully saturated rings. The average molecular weight is 212 g/mol. The maximum Gasteiger partial charge on any atom is 0.0707 e. The van der Waals surface area contributed by atoms with Gasteiger partial charge in [0.05, 0.1) is 5.52 Å². The van der Waals surface area contributed by atoms with E-state index in [4.69, 9.17) is 0 Å². The van der Waals surface area contributed by atoms with Crippen LogP contribution >= 0.6 is 0 Å². The lowest BCUT2D eigenvalue weighted by Crippen LogP contribution is -2.05. The van der Waals surface area contributed by atoms with E-state index in [0.29, 0.717) is 0 Å². The Hall–Kier alpha value is -1.67. The van der Waals surface area contributed by atoms with Crippen molar-refractivity contribution in [1.82, 2.24) is 10.3 Å². The van der Waals surface area contributed by atoms with E-state index in [1.54, 1.807) is 0 Å². The van der Waals surface area contributed by atoms with Crippen molar-refractivity contribution in [1.29, 1.82) is 0 Å². The van der Waals surface area contributed by atoms with E-state index < -0.39 is 0 Å². The number of fused-ring (bicyclic) bond motifs is 1. The van der Waals surface area contributed by atoms with Crippen LogP contribution in [0, 0.1) is 0 Å². The van der Waals surface area contributed by atoms with E-state index in [2.05, 4.69) is 46.7 Å². The lowest BCUT2D eigenvalue weighted by Gasteiger charge is -1.98. The van der Waals surface area contributed by atoms with Gasteiger partial charge in [0, 0.05) is 11.6 Å². The third-order valence-corrected chi connectivity index (χ3v) is 2.50. The van der Waals surface area contributed by atoms with Crippen molar-refractivity contribution >= 4 is 17.0 Å². The van der Waals surface area contributed by atoms with Crippen molar-refractivity contribution in [2.45, 2.75) is 6.42 Å². The van der Waals surface area contributed by atoms with Gasteiger partial charge in [0.25, 0.3) is 0 Å². The monoisotopic (exact) mass is 212 g/mol. The maximum absolute atomic E-state index is 4.34. The lowest BCUT2D eigenvalue weighted by atomic mass is 10.1. The van der Waals surface area contributed by atoms with Gasteiger partial charge in [0.2, 0.25) is 0 Å². The molecule has 2 rings (SSSR count). The van der Waals surface area contributed by atoms with Gasteiger partial charge in [-0.1, -0.05) is 30.4 Å². The second-order valence-electron chi connectivity index (χ2n) is 3.75. The highest BCUT2D eigenvalue weighted by atomic mass is 14.8. The first-order valence-electron chi connectivity index (χ1n) is 5.56. The number of benzene rings is 1. The summed E-state index contributed by atoms with van der Waals surface area (Å²) >= 11 is 0. The quantitative estimate of drug-likeness (QED) is 0.788. The van der Waals surface area contributed by atoms with Crippen LogP contribution in [0.3, 0.4) is 0 Å². The van der Waals surface area contributed by atoms with Crippen molar-refractivity contribution in [2.75, 3.05) is 13.6 Å². The Kier molecular flexibility index (Phi) is 3.67. The topological polar surface area (TPSA) is 24.9 Å². The molecule has 0 unspecified atom stereocenters. The summed E-state index contributed by atoms with van der Waals surface area (Å²) in [5.41, 5.74) is 2.26. The SMILES string of the molecule is CNCCC=Cc1ccc2cccnc2c1. The molecule has 2 nitrogen and oxygen atoms in total. The van der Waals surface area contributed by atoms with Crippen LogP contribution in [0.2, 0.25) is 0 Å². The number of pyridine rings is 1. The van der Waals surface area contributed by atoms with Gasteiger partial charge in [-0.25, -0.2) is 0 Å². The molecule has 0 bridgehead atoms. The van der Waals surface area contributed by atoms with E-state index in [1.165, 1.54) is 10.9 Å². The fraction of sp³-hybridized carbons (Fsp3) is 0.214. The van der Waals surface area contributed by atoms with E-state index in [1.807, 2.05) is 19.3 Å². The van der Waals surface area contributed by atoms with Gasteiger partial charge in [-0.2, -0.15) is 0 Å². The van der Waals surface area contributed by atoms with Crippen molar-refractivity contribution < 1.29 is 0 Å². The molecule has 2 heteroatoms. The summed E-state index contributed by atoms with van der Waals surface area (Å²) in [6.45, 7) is 1.02. The first-order valence-corrected chi connectivity index (χ1v) is 5.56. The third kappa shape index (κ3) is 2.67. The second-order valence-corrected chi connectivity index (χ2v) is 3.75. The molecule has 0 amide bonds. The lowest BCUT2D eigenvalue weighted by molar-refractivity contribution is 0.809. The standard InChI is InChI=1S/C14H16N2/c1-15-9-3-2-5-12-7-8-13-6-4-10-16-14(13)11-12/h2,4-8,10-11,15H,3,9H2,1H3. The highest BCUT2D eigenvalue weighted by Crippen LogP contribution is 2.14. The fourth-order valence-corrected chi connectivity index (χ4v) is 1.63. The first kappa shape index (κ1) is 10.8. The Morgan fingerprint density at radius 3 is 3.12 bits per heavy atom. The number of aromatic nitrogens is 1. The molecule has 1 heterocycles. The minimum Gasteiger partial charge on any atom is -0.319 e. The summed E-state index contributed by atoms with van der Waals surface area (Å²) in [5.74, 6) is 0. The molecule has 0 spiro atoms. The number of nitrogens with zero attached hydrogens (tertiary/aromatic N) is 1. The fourth-order valence-electron chi connectivity index (χ4n) is 1.63. The number of nitrogens with one attached hydrogen (secondary N) is 1. The van der Waals surface area contributed by atoms with Crippen molar-refractivity contribution in [3.8, 4) is 0 Å². The minimum absolute atomic E-state index is 1.02. The molecule has 82 valence electrons. The molecule has 1 aromatic heterocycles. The summed E-state index contributed by atoms with van der Waals surface area (Å²) < 4.78 is 0. The molecule has 0 saturated heterocycles. The molecule has 0 saturated carbocycles. The highest BCUT2D eigenvalue weighted by Gasteiger charge is 1.93. The number of rotatable bonds is 4. The molecule has 0 atom stereocenters. The molecular weight excluding hydrogens is 196 g/mol. The number of hydrogen-bond acceptors (Lipinski definition) is 2. The first-order chi connectivity index (χ1) is 7.90. The Morgan fingerprint density at radius 1 is 1.31 bits per heavy atom. The Bertz CT molecular complexity index is 489. The zero-order valence-electron chi connectivity index (χ0n) is 9.48. The second kappa shape index (κ2) is 5.42. The molecule has 0 radical (unpaired) electrons. The Balaban J connectivity index is 2.16. The van der Waals surface area contributed by atoms with Crippen LogP contribution in [0.15, 0.2) is 42.6 Å². The molecule has 0 aliphatic carbocycles. The van der Waals surface area contributed by atoms with Crippen LogP contribution in [0.5, 0.6) is 0 Å². The van der Waals surface area contributed by atoms with Gasteiger partial charge in [-0.15, -0.1) is 0 Å². The zero-order valence-corrected chi connectivity index (χ0v) is 9.48. The smallest absolute Gasteiger partial charge is 0.0707 e. The molecule has 0 aliphatic heterocycles. The van der Waals surface area contributed by atoms with Crippen LogP contribution in [-0.4, -0.2) is 18.6 Å². The van der Waals surface area contributed by atoms with Crippen LogP contribution in [0.4, 0.5) is 0 Å². The maximum atomic E-state index is 4.34. The predicted molar refractivity (Wildman–Crippen MR) is 69.3 cm³/mol. The third-order valence-electron chi connectivity index (χ3n) is 2.50. The van der Waals surface area contributed by atoms with Gasteiger partial charge >= 0.3 is 0 Å².